The Bertz CT molecular complexity index is 645. The molecule has 0 radical (unpaired) electrons. The summed E-state index contributed by atoms with van der Waals surface area (Å²) >= 11 is 0. The number of benzene rings is 1. The van der Waals surface area contributed by atoms with E-state index in [9.17, 15) is 4.79 Å². The van der Waals surface area contributed by atoms with E-state index in [0.717, 1.165) is 5.56 Å². The van der Waals surface area contributed by atoms with Gasteiger partial charge in [0.15, 0.2) is 0 Å². The largest absolute Gasteiger partial charge is 0.445 e. The molecule has 1 amide bonds. The first kappa shape index (κ1) is 14.3. The first-order valence-electron chi connectivity index (χ1n) is 6.25. The van der Waals surface area contributed by atoms with Crippen LogP contribution >= 0.6 is 0 Å². The number of nitrogen functional groups attached to an aromatic ring is 1. The van der Waals surface area contributed by atoms with E-state index in [2.05, 4.69) is 27.1 Å². The first-order valence-corrected chi connectivity index (χ1v) is 6.25. The summed E-state index contributed by atoms with van der Waals surface area (Å²) in [5.74, 6) is 5.83. The van der Waals surface area contributed by atoms with Crippen LogP contribution in [-0.4, -0.2) is 22.6 Å². The Hall–Kier alpha value is -3.07. The molecular weight excluding hydrogens is 268 g/mol. The molecule has 6 nitrogen and oxygen atoms in total. The lowest BCUT2D eigenvalue weighted by Crippen LogP contribution is -2.24. The minimum absolute atomic E-state index is 0.166. The minimum atomic E-state index is -0.517. The molecular formula is C15H14N4O2. The van der Waals surface area contributed by atoms with Crippen LogP contribution in [0.1, 0.15) is 11.3 Å². The number of aromatic nitrogens is 2. The number of rotatable bonds is 3. The summed E-state index contributed by atoms with van der Waals surface area (Å²) in [4.78, 5) is 19.2. The average molecular weight is 282 g/mol. The zero-order valence-electron chi connectivity index (χ0n) is 11.2. The van der Waals surface area contributed by atoms with Crippen molar-refractivity contribution < 1.29 is 9.53 Å². The summed E-state index contributed by atoms with van der Waals surface area (Å²) in [6.07, 6.45) is 2.37. The first-order chi connectivity index (χ1) is 10.2. The quantitative estimate of drug-likeness (QED) is 0.829. The molecule has 0 saturated carbocycles. The summed E-state index contributed by atoms with van der Waals surface area (Å²) in [5.41, 5.74) is 6.82. The predicted molar refractivity (Wildman–Crippen MR) is 78.0 cm³/mol. The topological polar surface area (TPSA) is 90.1 Å². The van der Waals surface area contributed by atoms with E-state index in [0.29, 0.717) is 11.5 Å². The fourth-order valence-corrected chi connectivity index (χ4v) is 1.43. The zero-order chi connectivity index (χ0) is 14.9. The summed E-state index contributed by atoms with van der Waals surface area (Å²) < 4.78 is 5.03. The van der Waals surface area contributed by atoms with Crippen LogP contribution in [0.2, 0.25) is 0 Å². The van der Waals surface area contributed by atoms with Crippen molar-refractivity contribution in [1.29, 1.82) is 0 Å². The van der Waals surface area contributed by atoms with Crippen LogP contribution in [0, 0.1) is 11.8 Å². The lowest BCUT2D eigenvalue weighted by atomic mass is 10.2. The van der Waals surface area contributed by atoms with Crippen molar-refractivity contribution in [2.24, 2.45) is 0 Å². The minimum Gasteiger partial charge on any atom is -0.445 e. The van der Waals surface area contributed by atoms with Gasteiger partial charge in [0.25, 0.3) is 0 Å². The van der Waals surface area contributed by atoms with Gasteiger partial charge < -0.3 is 15.8 Å². The third-order valence-corrected chi connectivity index (χ3v) is 2.42. The normalized spacial score (nSPS) is 9.33. The number of carbonyl (C=O) groups excluding carboxylic acids is 1. The van der Waals surface area contributed by atoms with E-state index in [1.165, 1.54) is 12.4 Å². The second-order valence-corrected chi connectivity index (χ2v) is 4.04. The number of nitrogens with zero attached hydrogens (tertiary/aromatic N) is 2. The number of nitrogens with two attached hydrogens (primary N) is 1. The standard InChI is InChI=1S/C15H14N4O2/c16-14-10-18-13(9-19-14)7-4-8-17-15(20)21-11-12-5-2-1-3-6-12/h1-3,5-6,9-10H,8,11H2,(H2,16,19)(H,17,20). The molecule has 0 bridgehead atoms. The zero-order valence-corrected chi connectivity index (χ0v) is 11.2. The molecule has 106 valence electrons. The number of hydrogen-bond acceptors (Lipinski definition) is 5. The number of hydrogen-bond donors (Lipinski definition) is 2. The molecule has 0 fully saturated rings. The van der Waals surface area contributed by atoms with Crippen molar-refractivity contribution in [2.45, 2.75) is 6.61 Å². The molecule has 6 heteroatoms. The Kier molecular flexibility index (Phi) is 5.12. The second-order valence-electron chi connectivity index (χ2n) is 4.04. The smallest absolute Gasteiger partial charge is 0.408 e. The van der Waals surface area contributed by atoms with Gasteiger partial charge in [0.05, 0.1) is 18.9 Å². The molecule has 0 spiro atoms. The third-order valence-electron chi connectivity index (χ3n) is 2.42. The van der Waals surface area contributed by atoms with Gasteiger partial charge >= 0.3 is 6.09 Å². The van der Waals surface area contributed by atoms with Crippen molar-refractivity contribution in [2.75, 3.05) is 12.3 Å². The van der Waals surface area contributed by atoms with Crippen molar-refractivity contribution in [3.8, 4) is 11.8 Å². The van der Waals surface area contributed by atoms with Crippen LogP contribution in [-0.2, 0) is 11.3 Å². The molecule has 1 heterocycles. The van der Waals surface area contributed by atoms with Crippen LogP contribution in [0.3, 0.4) is 0 Å². The monoisotopic (exact) mass is 282 g/mol. The lowest BCUT2D eigenvalue weighted by molar-refractivity contribution is 0.141. The fourth-order valence-electron chi connectivity index (χ4n) is 1.43. The van der Waals surface area contributed by atoms with Crippen molar-refractivity contribution >= 4 is 11.9 Å². The van der Waals surface area contributed by atoms with Gasteiger partial charge in [0, 0.05) is 0 Å². The van der Waals surface area contributed by atoms with E-state index in [1.807, 2.05) is 30.3 Å². The van der Waals surface area contributed by atoms with E-state index >= 15 is 0 Å². The maximum atomic E-state index is 11.4. The Morgan fingerprint density at radius 1 is 1.24 bits per heavy atom. The Labute approximate surface area is 122 Å². The van der Waals surface area contributed by atoms with Crippen molar-refractivity contribution in [1.82, 2.24) is 15.3 Å². The van der Waals surface area contributed by atoms with Crippen LogP contribution in [0.15, 0.2) is 42.7 Å². The summed E-state index contributed by atoms with van der Waals surface area (Å²) in [7, 11) is 0. The molecule has 21 heavy (non-hydrogen) atoms. The molecule has 3 N–H and O–H groups in total. The third kappa shape index (κ3) is 5.20. The Morgan fingerprint density at radius 3 is 2.76 bits per heavy atom. The van der Waals surface area contributed by atoms with Crippen molar-refractivity contribution in [3.05, 3.63) is 54.0 Å². The molecule has 0 aliphatic heterocycles. The van der Waals surface area contributed by atoms with E-state index < -0.39 is 6.09 Å². The second kappa shape index (κ2) is 7.50. The predicted octanol–water partition coefficient (Wildman–Crippen LogP) is 1.34. The van der Waals surface area contributed by atoms with Crippen molar-refractivity contribution in [3.63, 3.8) is 0 Å². The van der Waals surface area contributed by atoms with Gasteiger partial charge in [-0.2, -0.15) is 0 Å². The van der Waals surface area contributed by atoms with Crippen LogP contribution in [0.5, 0.6) is 0 Å². The van der Waals surface area contributed by atoms with Gasteiger partial charge in [0.1, 0.15) is 18.1 Å². The van der Waals surface area contributed by atoms with Gasteiger partial charge in [0.2, 0.25) is 0 Å². The summed E-state index contributed by atoms with van der Waals surface area (Å²) in [6.45, 7) is 0.392. The van der Waals surface area contributed by atoms with E-state index in [-0.39, 0.29) is 13.2 Å². The SMILES string of the molecule is Nc1cnc(C#CCNC(=O)OCc2ccccc2)cn1. The highest BCUT2D eigenvalue weighted by atomic mass is 16.5. The molecule has 2 rings (SSSR count). The molecule has 0 unspecified atom stereocenters. The number of anilines is 1. The van der Waals surface area contributed by atoms with Gasteiger partial charge in [-0.05, 0) is 11.5 Å². The maximum absolute atomic E-state index is 11.4. The highest BCUT2D eigenvalue weighted by Gasteiger charge is 2.00. The highest BCUT2D eigenvalue weighted by Crippen LogP contribution is 2.00. The molecule has 2 aromatic rings. The van der Waals surface area contributed by atoms with Gasteiger partial charge in [-0.15, -0.1) is 0 Å². The Balaban J connectivity index is 1.71. The molecule has 0 aliphatic carbocycles. The van der Waals surface area contributed by atoms with Gasteiger partial charge in [-0.3, -0.25) is 0 Å². The molecule has 1 aromatic carbocycles. The number of nitrogens with one attached hydrogen (secondary N) is 1. The van der Waals surface area contributed by atoms with Crippen LogP contribution in [0.4, 0.5) is 10.6 Å². The number of ether oxygens (including phenoxy) is 1. The van der Waals surface area contributed by atoms with E-state index in [1.54, 1.807) is 0 Å². The summed E-state index contributed by atoms with van der Waals surface area (Å²) in [5, 5.41) is 2.53. The Morgan fingerprint density at radius 2 is 2.05 bits per heavy atom. The number of amides is 1. The number of alkyl carbamates (subject to hydrolysis) is 1. The van der Waals surface area contributed by atoms with E-state index in [4.69, 9.17) is 10.5 Å². The summed E-state index contributed by atoms with van der Waals surface area (Å²) in [6, 6.07) is 9.43. The molecule has 0 atom stereocenters. The average Bonchev–Trinajstić information content (AvgIpc) is 2.52. The molecule has 0 saturated heterocycles. The molecule has 1 aromatic heterocycles. The van der Waals surface area contributed by atoms with Gasteiger partial charge in [-0.25, -0.2) is 14.8 Å². The van der Waals surface area contributed by atoms with Crippen LogP contribution < -0.4 is 11.1 Å². The lowest BCUT2D eigenvalue weighted by Gasteiger charge is -2.04. The number of carbonyl (C=O) groups is 1. The molecule has 0 aliphatic rings. The van der Waals surface area contributed by atoms with Gasteiger partial charge in [-0.1, -0.05) is 36.3 Å². The maximum Gasteiger partial charge on any atom is 0.408 e. The fraction of sp³-hybridized carbons (Fsp3) is 0.133. The van der Waals surface area contributed by atoms with Crippen LogP contribution in [0.25, 0.3) is 0 Å². The highest BCUT2D eigenvalue weighted by molar-refractivity contribution is 5.67.